The van der Waals surface area contributed by atoms with Gasteiger partial charge < -0.3 is 14.8 Å². The first kappa shape index (κ1) is 14.4. The van der Waals surface area contributed by atoms with E-state index in [1.54, 1.807) is 20.4 Å². The van der Waals surface area contributed by atoms with Gasteiger partial charge in [-0.25, -0.2) is 0 Å². The first-order valence-corrected chi connectivity index (χ1v) is 6.63. The van der Waals surface area contributed by atoms with Crippen molar-refractivity contribution in [2.24, 2.45) is 0 Å². The highest BCUT2D eigenvalue weighted by atomic mass is 16.5. The lowest BCUT2D eigenvalue weighted by molar-refractivity contribution is 0.353. The van der Waals surface area contributed by atoms with Gasteiger partial charge in [-0.2, -0.15) is 5.10 Å². The van der Waals surface area contributed by atoms with Crippen LogP contribution < -0.4 is 14.8 Å². The molecule has 0 aliphatic rings. The van der Waals surface area contributed by atoms with Crippen LogP contribution in [0.4, 0.5) is 0 Å². The molecule has 1 aromatic carbocycles. The van der Waals surface area contributed by atoms with E-state index in [1.807, 2.05) is 24.3 Å². The van der Waals surface area contributed by atoms with Crippen LogP contribution in [0.1, 0.15) is 37.2 Å². The molecule has 5 heteroatoms. The van der Waals surface area contributed by atoms with Crippen LogP contribution in [0.2, 0.25) is 0 Å². The van der Waals surface area contributed by atoms with Crippen molar-refractivity contribution < 1.29 is 9.47 Å². The maximum Gasteiger partial charge on any atom is 0.161 e. The van der Waals surface area contributed by atoms with Crippen molar-refractivity contribution in [3.63, 3.8) is 0 Å². The zero-order valence-corrected chi connectivity index (χ0v) is 12.3. The number of aromatic amines is 1. The van der Waals surface area contributed by atoms with E-state index in [-0.39, 0.29) is 12.1 Å². The molecule has 2 aromatic rings. The zero-order valence-electron chi connectivity index (χ0n) is 12.3. The lowest BCUT2D eigenvalue weighted by Crippen LogP contribution is -2.22. The zero-order chi connectivity index (χ0) is 14.5. The van der Waals surface area contributed by atoms with Gasteiger partial charge in [-0.05, 0) is 37.6 Å². The summed E-state index contributed by atoms with van der Waals surface area (Å²) < 4.78 is 10.6. The smallest absolute Gasteiger partial charge is 0.161 e. The second-order valence-electron chi connectivity index (χ2n) is 4.74. The Labute approximate surface area is 119 Å². The third-order valence-corrected chi connectivity index (χ3v) is 3.40. The molecule has 1 heterocycles. The van der Waals surface area contributed by atoms with Gasteiger partial charge in [-0.3, -0.25) is 5.10 Å². The number of methoxy groups -OCH3 is 2. The third kappa shape index (κ3) is 3.11. The molecule has 2 N–H and O–H groups in total. The Balaban J connectivity index is 2.11. The van der Waals surface area contributed by atoms with Gasteiger partial charge in [0.1, 0.15) is 0 Å². The molecular formula is C15H21N3O2. The number of hydrogen-bond donors (Lipinski definition) is 2. The highest BCUT2D eigenvalue weighted by Crippen LogP contribution is 2.30. The van der Waals surface area contributed by atoms with Crippen LogP contribution in [0.15, 0.2) is 30.5 Å². The van der Waals surface area contributed by atoms with Crippen LogP contribution in [0, 0.1) is 0 Å². The molecule has 0 saturated carbocycles. The van der Waals surface area contributed by atoms with Gasteiger partial charge in [-0.1, -0.05) is 6.07 Å². The molecule has 0 bridgehead atoms. The van der Waals surface area contributed by atoms with Gasteiger partial charge in [0, 0.05) is 18.3 Å². The molecule has 2 atom stereocenters. The molecular weight excluding hydrogens is 254 g/mol. The summed E-state index contributed by atoms with van der Waals surface area (Å²) in [7, 11) is 3.28. The Bertz CT molecular complexity index is 540. The number of rotatable bonds is 6. The fourth-order valence-electron chi connectivity index (χ4n) is 2.19. The van der Waals surface area contributed by atoms with Gasteiger partial charge in [-0.15, -0.1) is 0 Å². The molecule has 0 aliphatic carbocycles. The summed E-state index contributed by atoms with van der Waals surface area (Å²) in [6.07, 6.45) is 1.76. The Morgan fingerprint density at radius 3 is 2.40 bits per heavy atom. The van der Waals surface area contributed by atoms with Crippen molar-refractivity contribution in [3.05, 3.63) is 41.7 Å². The Morgan fingerprint density at radius 1 is 1.05 bits per heavy atom. The summed E-state index contributed by atoms with van der Waals surface area (Å²) in [6, 6.07) is 8.31. The van der Waals surface area contributed by atoms with E-state index in [2.05, 4.69) is 29.4 Å². The second kappa shape index (κ2) is 6.43. The van der Waals surface area contributed by atoms with Crippen LogP contribution in [0.25, 0.3) is 0 Å². The number of H-pyrrole nitrogens is 1. The SMILES string of the molecule is COc1ccc(C(C)NC(C)c2ccn[nH]2)cc1OC. The summed E-state index contributed by atoms with van der Waals surface area (Å²) in [5.74, 6) is 1.48. The van der Waals surface area contributed by atoms with Crippen molar-refractivity contribution in [2.45, 2.75) is 25.9 Å². The van der Waals surface area contributed by atoms with Crippen molar-refractivity contribution in [1.82, 2.24) is 15.5 Å². The molecule has 0 fully saturated rings. The lowest BCUT2D eigenvalue weighted by atomic mass is 10.1. The summed E-state index contributed by atoms with van der Waals surface area (Å²) in [5.41, 5.74) is 2.21. The predicted octanol–water partition coefficient (Wildman–Crippen LogP) is 2.84. The van der Waals surface area contributed by atoms with Crippen LogP contribution >= 0.6 is 0 Å². The Morgan fingerprint density at radius 2 is 1.80 bits per heavy atom. The fourth-order valence-corrected chi connectivity index (χ4v) is 2.19. The minimum atomic E-state index is 0.188. The Hall–Kier alpha value is -2.01. The number of hydrogen-bond acceptors (Lipinski definition) is 4. The van der Waals surface area contributed by atoms with E-state index in [4.69, 9.17) is 9.47 Å². The van der Waals surface area contributed by atoms with Crippen LogP contribution in [-0.2, 0) is 0 Å². The molecule has 2 rings (SSSR count). The Kier molecular flexibility index (Phi) is 4.63. The number of nitrogens with zero attached hydrogens (tertiary/aromatic N) is 1. The molecule has 5 nitrogen and oxygen atoms in total. The highest BCUT2D eigenvalue weighted by molar-refractivity contribution is 5.43. The normalized spacial score (nSPS) is 13.8. The van der Waals surface area contributed by atoms with E-state index in [0.29, 0.717) is 0 Å². The topological polar surface area (TPSA) is 59.2 Å². The van der Waals surface area contributed by atoms with Gasteiger partial charge in [0.15, 0.2) is 11.5 Å². The molecule has 2 unspecified atom stereocenters. The fraction of sp³-hybridized carbons (Fsp3) is 0.400. The molecule has 108 valence electrons. The molecule has 1 aromatic heterocycles. The van der Waals surface area contributed by atoms with Crippen LogP contribution in [-0.4, -0.2) is 24.4 Å². The number of benzene rings is 1. The molecule has 0 amide bonds. The monoisotopic (exact) mass is 275 g/mol. The number of nitrogens with one attached hydrogen (secondary N) is 2. The molecule has 20 heavy (non-hydrogen) atoms. The average molecular weight is 275 g/mol. The van der Waals surface area contributed by atoms with E-state index in [9.17, 15) is 0 Å². The summed E-state index contributed by atoms with van der Waals surface area (Å²) in [5, 5.41) is 10.5. The molecule has 0 aliphatic heterocycles. The second-order valence-corrected chi connectivity index (χ2v) is 4.74. The van der Waals surface area contributed by atoms with E-state index >= 15 is 0 Å². The first-order valence-electron chi connectivity index (χ1n) is 6.63. The predicted molar refractivity (Wildman–Crippen MR) is 78.1 cm³/mol. The average Bonchev–Trinajstić information content (AvgIpc) is 3.00. The third-order valence-electron chi connectivity index (χ3n) is 3.40. The van der Waals surface area contributed by atoms with Gasteiger partial charge in [0.2, 0.25) is 0 Å². The van der Waals surface area contributed by atoms with Crippen LogP contribution in [0.3, 0.4) is 0 Å². The van der Waals surface area contributed by atoms with E-state index in [1.165, 1.54) is 0 Å². The van der Waals surface area contributed by atoms with Gasteiger partial charge >= 0.3 is 0 Å². The maximum atomic E-state index is 5.34. The van der Waals surface area contributed by atoms with E-state index in [0.717, 1.165) is 22.8 Å². The van der Waals surface area contributed by atoms with Crippen molar-refractivity contribution in [1.29, 1.82) is 0 Å². The number of ether oxygens (including phenoxy) is 2. The largest absolute Gasteiger partial charge is 0.493 e. The molecule has 0 radical (unpaired) electrons. The summed E-state index contributed by atoms with van der Waals surface area (Å²) >= 11 is 0. The van der Waals surface area contributed by atoms with Gasteiger partial charge in [0.05, 0.1) is 19.9 Å². The minimum Gasteiger partial charge on any atom is -0.493 e. The first-order chi connectivity index (χ1) is 9.65. The van der Waals surface area contributed by atoms with Gasteiger partial charge in [0.25, 0.3) is 0 Å². The van der Waals surface area contributed by atoms with Crippen LogP contribution in [0.5, 0.6) is 11.5 Å². The highest BCUT2D eigenvalue weighted by Gasteiger charge is 2.14. The van der Waals surface area contributed by atoms with E-state index < -0.39 is 0 Å². The molecule has 0 saturated heterocycles. The molecule has 0 spiro atoms. The standard InChI is InChI=1S/C15H21N3O2/c1-10(17-11(2)13-7-8-16-18-13)12-5-6-14(19-3)15(9-12)20-4/h5-11,17H,1-4H3,(H,16,18). The van der Waals surface area contributed by atoms with Crippen molar-refractivity contribution >= 4 is 0 Å². The van der Waals surface area contributed by atoms with Crippen molar-refractivity contribution in [3.8, 4) is 11.5 Å². The summed E-state index contributed by atoms with van der Waals surface area (Å²) in [6.45, 7) is 4.22. The quantitative estimate of drug-likeness (QED) is 0.851. The minimum absolute atomic E-state index is 0.188. The maximum absolute atomic E-state index is 5.34. The summed E-state index contributed by atoms with van der Waals surface area (Å²) in [4.78, 5) is 0. The van der Waals surface area contributed by atoms with Crippen molar-refractivity contribution in [2.75, 3.05) is 14.2 Å². The number of aromatic nitrogens is 2. The lowest BCUT2D eigenvalue weighted by Gasteiger charge is -2.20.